The van der Waals surface area contributed by atoms with Gasteiger partial charge in [0.2, 0.25) is 0 Å². The van der Waals surface area contributed by atoms with E-state index in [1.54, 1.807) is 24.3 Å². The summed E-state index contributed by atoms with van der Waals surface area (Å²) >= 11 is 0. The zero-order chi connectivity index (χ0) is 13.8. The third-order valence-electron chi connectivity index (χ3n) is 2.86. The Labute approximate surface area is 110 Å². The molecule has 0 bridgehead atoms. The number of carbonyl (C=O) groups is 1. The number of Topliss-reactive ketones (excluding diaryl/α,β-unsaturated/α-hetero) is 1. The van der Waals surface area contributed by atoms with Crippen molar-refractivity contribution in [1.82, 2.24) is 0 Å². The summed E-state index contributed by atoms with van der Waals surface area (Å²) in [4.78, 5) is 12.4. The lowest BCUT2D eigenvalue weighted by molar-refractivity contribution is 0.0601. The molecule has 4 heteroatoms. The zero-order valence-electron chi connectivity index (χ0n) is 10.4. The van der Waals surface area contributed by atoms with E-state index < -0.39 is 17.6 Å². The fourth-order valence-corrected chi connectivity index (χ4v) is 1.89. The van der Waals surface area contributed by atoms with Gasteiger partial charge in [-0.25, -0.2) is 0 Å². The van der Waals surface area contributed by atoms with Crippen molar-refractivity contribution in [2.75, 3.05) is 7.11 Å². The third kappa shape index (κ3) is 2.58. The lowest BCUT2D eigenvalue weighted by atomic mass is 9.99. The van der Waals surface area contributed by atoms with Gasteiger partial charge in [-0.1, -0.05) is 36.4 Å². The summed E-state index contributed by atoms with van der Waals surface area (Å²) in [6.07, 6.45) is -0.811. The van der Waals surface area contributed by atoms with E-state index in [0.717, 1.165) is 0 Å². The molecular weight excluding hydrogens is 244 g/mol. The van der Waals surface area contributed by atoms with Crippen molar-refractivity contribution in [2.45, 2.75) is 6.10 Å². The number of phenols is 2. The minimum Gasteiger partial charge on any atom is -0.504 e. The Bertz CT molecular complexity index is 578. The monoisotopic (exact) mass is 258 g/mol. The quantitative estimate of drug-likeness (QED) is 0.653. The molecule has 0 aliphatic rings. The molecule has 0 saturated carbocycles. The predicted molar refractivity (Wildman–Crippen MR) is 70.3 cm³/mol. The average Bonchev–Trinajstić information content (AvgIpc) is 2.44. The van der Waals surface area contributed by atoms with Crippen molar-refractivity contribution in [2.24, 2.45) is 0 Å². The maximum atomic E-state index is 12.4. The average molecular weight is 258 g/mol. The van der Waals surface area contributed by atoms with Crippen LogP contribution in [0.4, 0.5) is 0 Å². The Morgan fingerprint density at radius 2 is 1.74 bits per heavy atom. The minimum absolute atomic E-state index is 0.0377. The van der Waals surface area contributed by atoms with Gasteiger partial charge < -0.3 is 14.9 Å². The Morgan fingerprint density at radius 3 is 2.37 bits per heavy atom. The second-order valence-electron chi connectivity index (χ2n) is 4.06. The van der Waals surface area contributed by atoms with Gasteiger partial charge in [0.1, 0.15) is 6.10 Å². The van der Waals surface area contributed by atoms with Crippen LogP contribution in [0.25, 0.3) is 0 Å². The molecule has 4 nitrogen and oxygen atoms in total. The van der Waals surface area contributed by atoms with Crippen LogP contribution in [0.5, 0.6) is 11.5 Å². The lowest BCUT2D eigenvalue weighted by Gasteiger charge is -2.15. The molecule has 0 aliphatic heterocycles. The topological polar surface area (TPSA) is 66.8 Å². The molecular formula is C15H14O4. The van der Waals surface area contributed by atoms with E-state index >= 15 is 0 Å². The first-order valence-corrected chi connectivity index (χ1v) is 5.78. The number of benzene rings is 2. The van der Waals surface area contributed by atoms with Crippen LogP contribution in [0, 0.1) is 0 Å². The van der Waals surface area contributed by atoms with Crippen LogP contribution in [0.15, 0.2) is 48.5 Å². The summed E-state index contributed by atoms with van der Waals surface area (Å²) in [5.74, 6) is -1.15. The number of phenolic OH excluding ortho intramolecular Hbond substituents is 2. The summed E-state index contributed by atoms with van der Waals surface area (Å²) in [6, 6.07) is 13.3. The van der Waals surface area contributed by atoms with Crippen molar-refractivity contribution in [3.63, 3.8) is 0 Å². The van der Waals surface area contributed by atoms with Crippen LogP contribution < -0.4 is 0 Å². The maximum absolute atomic E-state index is 12.4. The molecule has 0 amide bonds. The van der Waals surface area contributed by atoms with Crippen LogP contribution in [0.2, 0.25) is 0 Å². The molecule has 0 aromatic heterocycles. The first-order valence-electron chi connectivity index (χ1n) is 5.78. The van der Waals surface area contributed by atoms with E-state index in [2.05, 4.69) is 0 Å². The summed E-state index contributed by atoms with van der Waals surface area (Å²) in [7, 11) is 1.43. The molecule has 98 valence electrons. The highest BCUT2D eigenvalue weighted by atomic mass is 16.5. The van der Waals surface area contributed by atoms with Crippen LogP contribution in [-0.2, 0) is 4.74 Å². The van der Waals surface area contributed by atoms with Gasteiger partial charge in [0, 0.05) is 7.11 Å². The summed E-state index contributed by atoms with van der Waals surface area (Å²) in [5.41, 5.74) is 0.730. The highest BCUT2D eigenvalue weighted by Crippen LogP contribution is 2.32. The Morgan fingerprint density at radius 1 is 1.05 bits per heavy atom. The van der Waals surface area contributed by atoms with Crippen LogP contribution in [-0.4, -0.2) is 23.1 Å². The molecule has 2 aromatic carbocycles. The van der Waals surface area contributed by atoms with Gasteiger partial charge in [-0.15, -0.1) is 0 Å². The predicted octanol–water partition coefficient (Wildman–Crippen LogP) is 2.67. The van der Waals surface area contributed by atoms with Crippen molar-refractivity contribution < 1.29 is 19.7 Å². The van der Waals surface area contributed by atoms with Crippen LogP contribution in [0.3, 0.4) is 0 Å². The van der Waals surface area contributed by atoms with Crippen molar-refractivity contribution >= 4 is 5.78 Å². The molecule has 2 rings (SSSR count). The number of ether oxygens (including phenoxy) is 1. The number of hydrogen-bond donors (Lipinski definition) is 2. The fourth-order valence-electron chi connectivity index (χ4n) is 1.89. The van der Waals surface area contributed by atoms with Gasteiger partial charge in [0.15, 0.2) is 17.3 Å². The molecule has 0 aliphatic carbocycles. The number of ketones is 1. The highest BCUT2D eigenvalue weighted by molar-refractivity contribution is 6.02. The highest BCUT2D eigenvalue weighted by Gasteiger charge is 2.24. The molecule has 0 fully saturated rings. The van der Waals surface area contributed by atoms with Gasteiger partial charge in [-0.05, 0) is 17.7 Å². The van der Waals surface area contributed by atoms with Gasteiger partial charge in [-0.3, -0.25) is 4.79 Å². The second kappa shape index (κ2) is 5.54. The number of hydrogen-bond acceptors (Lipinski definition) is 4. The zero-order valence-corrected chi connectivity index (χ0v) is 10.4. The normalized spacial score (nSPS) is 12.1. The maximum Gasteiger partial charge on any atom is 0.199 e. The van der Waals surface area contributed by atoms with E-state index in [4.69, 9.17) is 4.74 Å². The first-order chi connectivity index (χ1) is 9.15. The van der Waals surface area contributed by atoms with Crippen molar-refractivity contribution in [3.8, 4) is 11.5 Å². The molecule has 2 N–H and O–H groups in total. The molecule has 19 heavy (non-hydrogen) atoms. The molecule has 0 saturated heterocycles. The Balaban J connectivity index is 2.39. The lowest BCUT2D eigenvalue weighted by Crippen LogP contribution is -2.15. The van der Waals surface area contributed by atoms with E-state index in [0.29, 0.717) is 5.56 Å². The summed E-state index contributed by atoms with van der Waals surface area (Å²) in [5, 5.41) is 19.2. The number of methoxy groups -OCH3 is 1. The van der Waals surface area contributed by atoms with E-state index in [9.17, 15) is 15.0 Å². The molecule has 2 aromatic rings. The molecule has 0 spiro atoms. The SMILES string of the molecule is COC(C(=O)c1cccc(O)c1O)c1ccccc1. The van der Waals surface area contributed by atoms with Gasteiger partial charge in [0.05, 0.1) is 5.56 Å². The van der Waals surface area contributed by atoms with E-state index in [1.807, 2.05) is 6.07 Å². The molecule has 1 unspecified atom stereocenters. The van der Waals surface area contributed by atoms with Crippen LogP contribution in [0.1, 0.15) is 22.0 Å². The number of rotatable bonds is 4. The first kappa shape index (κ1) is 13.1. The summed E-state index contributed by atoms with van der Waals surface area (Å²) in [6.45, 7) is 0. The number of aromatic hydroxyl groups is 2. The Hall–Kier alpha value is -2.33. The van der Waals surface area contributed by atoms with Crippen LogP contribution >= 0.6 is 0 Å². The van der Waals surface area contributed by atoms with Gasteiger partial charge in [-0.2, -0.15) is 0 Å². The van der Waals surface area contributed by atoms with Crippen molar-refractivity contribution in [3.05, 3.63) is 59.7 Å². The molecule has 1 atom stereocenters. The van der Waals surface area contributed by atoms with Crippen molar-refractivity contribution in [1.29, 1.82) is 0 Å². The Kier molecular flexibility index (Phi) is 3.82. The third-order valence-corrected chi connectivity index (χ3v) is 2.86. The van der Waals surface area contributed by atoms with E-state index in [-0.39, 0.29) is 11.3 Å². The van der Waals surface area contributed by atoms with Gasteiger partial charge in [0.25, 0.3) is 0 Å². The summed E-state index contributed by atoms with van der Waals surface area (Å²) < 4.78 is 5.21. The second-order valence-corrected chi connectivity index (χ2v) is 4.06. The molecule has 0 heterocycles. The van der Waals surface area contributed by atoms with E-state index in [1.165, 1.54) is 25.3 Å². The standard InChI is InChI=1S/C15H14O4/c1-19-15(10-6-3-2-4-7-10)14(18)11-8-5-9-12(16)13(11)17/h2-9,15-17H,1H3. The minimum atomic E-state index is -0.811. The largest absolute Gasteiger partial charge is 0.504 e. The fraction of sp³-hybridized carbons (Fsp3) is 0.133. The number of carbonyl (C=O) groups excluding carboxylic acids is 1. The number of para-hydroxylation sites is 1. The van der Waals surface area contributed by atoms with Gasteiger partial charge >= 0.3 is 0 Å². The molecule has 0 radical (unpaired) electrons. The smallest absolute Gasteiger partial charge is 0.199 e.